The smallest absolute Gasteiger partial charge is 0.0648 e. The molecule has 0 aromatic rings. The molecule has 1 aliphatic rings. The molecule has 1 saturated heterocycles. The summed E-state index contributed by atoms with van der Waals surface area (Å²) in [6.45, 7) is 8.83. The highest BCUT2D eigenvalue weighted by Gasteiger charge is 2.38. The van der Waals surface area contributed by atoms with Crippen molar-refractivity contribution >= 4 is 11.8 Å². The predicted molar refractivity (Wildman–Crippen MR) is 63.8 cm³/mol. The van der Waals surface area contributed by atoms with Crippen molar-refractivity contribution in [2.24, 2.45) is 0 Å². The molecule has 1 N–H and O–H groups in total. The van der Waals surface area contributed by atoms with E-state index < -0.39 is 0 Å². The largest absolute Gasteiger partial charge is 0.379 e. The molecular formula is C11H23NOS. The molecule has 0 spiro atoms. The zero-order chi connectivity index (χ0) is 10.8. The van der Waals surface area contributed by atoms with Crippen molar-refractivity contribution in [2.75, 3.05) is 12.9 Å². The average Bonchev–Trinajstić information content (AvgIpc) is 2.46. The van der Waals surface area contributed by atoms with Crippen LogP contribution in [-0.4, -0.2) is 29.4 Å². The maximum Gasteiger partial charge on any atom is 0.0648 e. The van der Waals surface area contributed by atoms with Gasteiger partial charge in [0.1, 0.15) is 0 Å². The average molecular weight is 217 g/mol. The van der Waals surface area contributed by atoms with E-state index in [1.807, 2.05) is 11.8 Å². The van der Waals surface area contributed by atoms with E-state index >= 15 is 0 Å². The quantitative estimate of drug-likeness (QED) is 0.782. The van der Waals surface area contributed by atoms with Crippen molar-refractivity contribution in [3.63, 3.8) is 0 Å². The van der Waals surface area contributed by atoms with Crippen LogP contribution >= 0.6 is 11.8 Å². The van der Waals surface area contributed by atoms with Gasteiger partial charge in [0.2, 0.25) is 0 Å². The lowest BCUT2D eigenvalue weighted by atomic mass is 9.99. The summed E-state index contributed by atoms with van der Waals surface area (Å²) < 4.78 is 5.48. The Morgan fingerprint density at radius 2 is 2.21 bits per heavy atom. The van der Waals surface area contributed by atoms with Crippen molar-refractivity contribution < 1.29 is 4.74 Å². The molecule has 0 aliphatic carbocycles. The molecule has 0 radical (unpaired) electrons. The van der Waals surface area contributed by atoms with Crippen LogP contribution in [0.5, 0.6) is 0 Å². The van der Waals surface area contributed by atoms with E-state index in [1.54, 1.807) is 7.11 Å². The summed E-state index contributed by atoms with van der Waals surface area (Å²) in [5, 5.41) is 3.69. The molecule has 2 unspecified atom stereocenters. The molecule has 1 aliphatic heterocycles. The Bertz CT molecular complexity index is 196. The maximum atomic E-state index is 5.48. The number of ether oxygens (including phenoxy) is 1. The minimum absolute atomic E-state index is 0.0304. The first-order valence-electron chi connectivity index (χ1n) is 5.37. The molecule has 3 heteroatoms. The Kier molecular flexibility index (Phi) is 3.89. The van der Waals surface area contributed by atoms with Crippen LogP contribution in [0.3, 0.4) is 0 Å². The Labute approximate surface area is 92.2 Å². The van der Waals surface area contributed by atoms with Crippen molar-refractivity contribution in [2.45, 2.75) is 57.1 Å². The van der Waals surface area contributed by atoms with E-state index in [0.29, 0.717) is 6.04 Å². The van der Waals surface area contributed by atoms with E-state index in [1.165, 1.54) is 12.2 Å². The number of thioether (sulfide) groups is 1. The first-order valence-corrected chi connectivity index (χ1v) is 6.36. The summed E-state index contributed by atoms with van der Waals surface area (Å²) in [5.74, 6) is 1.23. The summed E-state index contributed by atoms with van der Waals surface area (Å²) in [5.41, 5.74) is -0.0304. The summed E-state index contributed by atoms with van der Waals surface area (Å²) in [6.07, 6.45) is 2.27. The summed E-state index contributed by atoms with van der Waals surface area (Å²) in [4.78, 5) is 0.195. The Morgan fingerprint density at radius 1 is 1.57 bits per heavy atom. The predicted octanol–water partition coefficient (Wildman–Crippen LogP) is 2.63. The standard InChI is InChI=1S/C11H23NOS/c1-6-9-7-14-11(4,12-9)8-10(2,3)13-5/h9,12H,6-8H2,1-5H3. The van der Waals surface area contributed by atoms with Crippen LogP contribution in [0.25, 0.3) is 0 Å². The van der Waals surface area contributed by atoms with Gasteiger partial charge >= 0.3 is 0 Å². The van der Waals surface area contributed by atoms with Crippen molar-refractivity contribution in [3.8, 4) is 0 Å². The monoisotopic (exact) mass is 217 g/mol. The van der Waals surface area contributed by atoms with Gasteiger partial charge in [-0.1, -0.05) is 6.92 Å². The topological polar surface area (TPSA) is 21.3 Å². The van der Waals surface area contributed by atoms with Crippen molar-refractivity contribution in [3.05, 3.63) is 0 Å². The second kappa shape index (κ2) is 4.42. The van der Waals surface area contributed by atoms with Gasteiger partial charge in [-0.05, 0) is 27.2 Å². The zero-order valence-electron chi connectivity index (χ0n) is 10.0. The Hall–Kier alpha value is 0.270. The highest BCUT2D eigenvalue weighted by Crippen LogP contribution is 2.38. The number of hydrogen-bond acceptors (Lipinski definition) is 3. The molecule has 14 heavy (non-hydrogen) atoms. The van der Waals surface area contributed by atoms with E-state index in [-0.39, 0.29) is 10.5 Å². The molecule has 1 fully saturated rings. The van der Waals surface area contributed by atoms with Gasteiger partial charge in [-0.3, -0.25) is 5.32 Å². The number of rotatable bonds is 4. The van der Waals surface area contributed by atoms with Gasteiger partial charge in [0.05, 0.1) is 10.5 Å². The van der Waals surface area contributed by atoms with Gasteiger partial charge in [-0.2, -0.15) is 0 Å². The van der Waals surface area contributed by atoms with E-state index in [9.17, 15) is 0 Å². The fourth-order valence-corrected chi connectivity index (χ4v) is 3.59. The number of hydrogen-bond donors (Lipinski definition) is 1. The molecule has 0 saturated carbocycles. The highest BCUT2D eigenvalue weighted by atomic mass is 32.2. The third-order valence-corrected chi connectivity index (χ3v) is 4.39. The first kappa shape index (κ1) is 12.3. The summed E-state index contributed by atoms with van der Waals surface area (Å²) >= 11 is 2.03. The SMILES string of the molecule is CCC1CSC(C)(CC(C)(C)OC)N1. The molecule has 1 rings (SSSR count). The van der Waals surface area contributed by atoms with Gasteiger partial charge in [-0.25, -0.2) is 0 Å². The van der Waals surface area contributed by atoms with Crippen LogP contribution < -0.4 is 5.32 Å². The molecule has 2 nitrogen and oxygen atoms in total. The van der Waals surface area contributed by atoms with Gasteiger partial charge in [0, 0.05) is 25.3 Å². The molecule has 0 amide bonds. The van der Waals surface area contributed by atoms with Crippen LogP contribution in [0, 0.1) is 0 Å². The van der Waals surface area contributed by atoms with Crippen molar-refractivity contribution in [1.29, 1.82) is 0 Å². The van der Waals surface area contributed by atoms with E-state index in [0.717, 1.165) is 6.42 Å². The van der Waals surface area contributed by atoms with E-state index in [2.05, 4.69) is 33.0 Å². The lowest BCUT2D eigenvalue weighted by Crippen LogP contribution is -2.44. The molecule has 84 valence electrons. The zero-order valence-corrected chi connectivity index (χ0v) is 10.8. The van der Waals surface area contributed by atoms with Gasteiger partial charge in [-0.15, -0.1) is 11.8 Å². The second-order valence-electron chi connectivity index (χ2n) is 4.93. The summed E-state index contributed by atoms with van der Waals surface area (Å²) in [7, 11) is 1.79. The third kappa shape index (κ3) is 3.14. The van der Waals surface area contributed by atoms with Crippen LogP contribution in [-0.2, 0) is 4.74 Å². The number of methoxy groups -OCH3 is 1. The molecule has 2 atom stereocenters. The highest BCUT2D eigenvalue weighted by molar-refractivity contribution is 8.00. The maximum absolute atomic E-state index is 5.48. The lowest BCUT2D eigenvalue weighted by Gasteiger charge is -2.33. The third-order valence-electron chi connectivity index (χ3n) is 2.92. The van der Waals surface area contributed by atoms with Gasteiger partial charge < -0.3 is 4.74 Å². The van der Waals surface area contributed by atoms with Crippen LogP contribution in [0.2, 0.25) is 0 Å². The first-order chi connectivity index (χ1) is 6.41. The summed E-state index contributed by atoms with van der Waals surface area (Å²) in [6, 6.07) is 0.678. The van der Waals surface area contributed by atoms with Crippen LogP contribution in [0.15, 0.2) is 0 Å². The van der Waals surface area contributed by atoms with Gasteiger partial charge in [0.25, 0.3) is 0 Å². The fraction of sp³-hybridized carbons (Fsp3) is 1.00. The lowest BCUT2D eigenvalue weighted by molar-refractivity contribution is 0.00516. The molecule has 0 aromatic carbocycles. The van der Waals surface area contributed by atoms with Crippen LogP contribution in [0.1, 0.15) is 40.5 Å². The normalized spacial score (nSPS) is 33.6. The Morgan fingerprint density at radius 3 is 2.64 bits per heavy atom. The molecule has 0 aromatic heterocycles. The second-order valence-corrected chi connectivity index (χ2v) is 6.46. The van der Waals surface area contributed by atoms with Crippen LogP contribution in [0.4, 0.5) is 0 Å². The minimum atomic E-state index is -0.0304. The minimum Gasteiger partial charge on any atom is -0.379 e. The van der Waals surface area contributed by atoms with Crippen molar-refractivity contribution in [1.82, 2.24) is 5.32 Å². The Balaban J connectivity index is 2.52. The molecule has 0 bridgehead atoms. The molecule has 1 heterocycles. The number of nitrogens with one attached hydrogen (secondary N) is 1. The molecular weight excluding hydrogens is 194 g/mol. The van der Waals surface area contributed by atoms with Gasteiger partial charge in [0.15, 0.2) is 0 Å². The fourth-order valence-electron chi connectivity index (χ4n) is 2.01. The van der Waals surface area contributed by atoms with E-state index in [4.69, 9.17) is 4.74 Å².